The zero-order chi connectivity index (χ0) is 13.8. The Bertz CT molecular complexity index is 592. The number of nitrogen functional groups attached to an aromatic ring is 1. The van der Waals surface area contributed by atoms with Gasteiger partial charge in [-0.1, -0.05) is 6.07 Å². The number of hydrogen-bond donors (Lipinski definition) is 3. The fourth-order valence-electron chi connectivity index (χ4n) is 1.53. The summed E-state index contributed by atoms with van der Waals surface area (Å²) in [6.07, 6.45) is 0. The van der Waals surface area contributed by atoms with E-state index in [0.717, 1.165) is 11.3 Å². The molecule has 0 aliphatic rings. The molecular weight excluding hydrogens is 244 g/mol. The molecule has 2 rings (SSSR count). The Labute approximate surface area is 111 Å². The Balaban J connectivity index is 1.90. The van der Waals surface area contributed by atoms with Gasteiger partial charge in [0, 0.05) is 23.0 Å². The molecule has 0 fully saturated rings. The molecule has 100 valence electrons. The van der Waals surface area contributed by atoms with Gasteiger partial charge in [-0.2, -0.15) is 5.10 Å². The normalized spacial score (nSPS) is 10.2. The van der Waals surface area contributed by atoms with E-state index in [-0.39, 0.29) is 12.5 Å². The number of H-pyrrole nitrogens is 1. The minimum absolute atomic E-state index is 0.0885. The molecule has 1 aromatic heterocycles. The average molecular weight is 260 g/mol. The lowest BCUT2D eigenvalue weighted by molar-refractivity contribution is -0.118. The lowest BCUT2D eigenvalue weighted by atomic mass is 10.3. The molecule has 6 heteroatoms. The molecule has 6 nitrogen and oxygen atoms in total. The second-order valence-electron chi connectivity index (χ2n) is 4.23. The van der Waals surface area contributed by atoms with Gasteiger partial charge in [0.1, 0.15) is 5.75 Å². The zero-order valence-electron chi connectivity index (χ0n) is 10.9. The van der Waals surface area contributed by atoms with Gasteiger partial charge in [-0.25, -0.2) is 0 Å². The number of aromatic amines is 1. The number of nitrogens with one attached hydrogen (secondary N) is 2. The number of nitrogens with zero attached hydrogens (tertiary/aromatic N) is 1. The van der Waals surface area contributed by atoms with Crippen molar-refractivity contribution in [2.75, 3.05) is 17.7 Å². The fraction of sp³-hybridized carbons (Fsp3) is 0.231. The minimum Gasteiger partial charge on any atom is -0.484 e. The van der Waals surface area contributed by atoms with Crippen LogP contribution in [0.15, 0.2) is 24.3 Å². The van der Waals surface area contributed by atoms with Crippen molar-refractivity contribution in [3.05, 3.63) is 35.5 Å². The number of ether oxygens (including phenoxy) is 1. The number of aromatic nitrogens is 2. The standard InChI is InChI=1S/C13H16N4O2/c1-8-9(2)16-17-13(8)15-12(18)7-19-11-5-3-4-10(14)6-11/h3-6H,7,14H2,1-2H3,(H2,15,16,17,18). The van der Waals surface area contributed by atoms with Crippen molar-refractivity contribution in [3.8, 4) is 5.75 Å². The molecule has 0 atom stereocenters. The lowest BCUT2D eigenvalue weighted by Crippen LogP contribution is -2.20. The van der Waals surface area contributed by atoms with Gasteiger partial charge in [0.05, 0.1) is 0 Å². The van der Waals surface area contributed by atoms with Gasteiger partial charge in [0.2, 0.25) is 0 Å². The number of carbonyl (C=O) groups excluding carboxylic acids is 1. The number of carbonyl (C=O) groups is 1. The van der Waals surface area contributed by atoms with Crippen molar-refractivity contribution < 1.29 is 9.53 Å². The van der Waals surface area contributed by atoms with Crippen LogP contribution in [-0.2, 0) is 4.79 Å². The molecule has 1 amide bonds. The van der Waals surface area contributed by atoms with Gasteiger partial charge in [-0.3, -0.25) is 9.89 Å². The topological polar surface area (TPSA) is 93.0 Å². The largest absolute Gasteiger partial charge is 0.484 e. The highest BCUT2D eigenvalue weighted by molar-refractivity contribution is 5.91. The maximum Gasteiger partial charge on any atom is 0.263 e. The SMILES string of the molecule is Cc1[nH]nc(NC(=O)COc2cccc(N)c2)c1C. The molecule has 0 saturated heterocycles. The number of amides is 1. The highest BCUT2D eigenvalue weighted by atomic mass is 16.5. The van der Waals surface area contributed by atoms with E-state index >= 15 is 0 Å². The number of benzene rings is 1. The fourth-order valence-corrected chi connectivity index (χ4v) is 1.53. The molecule has 0 aliphatic carbocycles. The van der Waals surface area contributed by atoms with Crippen molar-refractivity contribution in [2.24, 2.45) is 0 Å². The molecule has 0 spiro atoms. The molecule has 0 saturated carbocycles. The molecule has 0 radical (unpaired) electrons. The van der Waals surface area contributed by atoms with Gasteiger partial charge < -0.3 is 15.8 Å². The summed E-state index contributed by atoms with van der Waals surface area (Å²) in [5.41, 5.74) is 8.05. The molecular formula is C13H16N4O2. The first kappa shape index (κ1) is 12.9. The van der Waals surface area contributed by atoms with Gasteiger partial charge in [-0.05, 0) is 26.0 Å². The van der Waals surface area contributed by atoms with Crippen molar-refractivity contribution in [1.29, 1.82) is 0 Å². The van der Waals surface area contributed by atoms with E-state index in [9.17, 15) is 4.79 Å². The Hall–Kier alpha value is -2.50. The number of anilines is 2. The van der Waals surface area contributed by atoms with Crippen LogP contribution in [0, 0.1) is 13.8 Å². The maximum absolute atomic E-state index is 11.7. The first-order valence-electron chi connectivity index (χ1n) is 5.86. The maximum atomic E-state index is 11.7. The molecule has 0 unspecified atom stereocenters. The number of nitrogens with two attached hydrogens (primary N) is 1. The van der Waals surface area contributed by atoms with Crippen LogP contribution < -0.4 is 15.8 Å². The lowest BCUT2D eigenvalue weighted by Gasteiger charge is -2.07. The molecule has 0 bridgehead atoms. The van der Waals surface area contributed by atoms with Crippen LogP contribution >= 0.6 is 0 Å². The number of aryl methyl sites for hydroxylation is 1. The predicted molar refractivity (Wildman–Crippen MR) is 73.0 cm³/mol. The summed E-state index contributed by atoms with van der Waals surface area (Å²) < 4.78 is 5.34. The van der Waals surface area contributed by atoms with Crippen molar-refractivity contribution >= 4 is 17.4 Å². The average Bonchev–Trinajstić information content (AvgIpc) is 2.69. The van der Waals surface area contributed by atoms with Crippen molar-refractivity contribution in [3.63, 3.8) is 0 Å². The molecule has 1 heterocycles. The van der Waals surface area contributed by atoms with Gasteiger partial charge in [0.15, 0.2) is 12.4 Å². The van der Waals surface area contributed by atoms with Crippen LogP contribution in [0.4, 0.5) is 11.5 Å². The number of hydrogen-bond acceptors (Lipinski definition) is 4. The Kier molecular flexibility index (Phi) is 3.70. The molecule has 1 aromatic carbocycles. The van der Waals surface area contributed by atoms with Gasteiger partial charge in [-0.15, -0.1) is 0 Å². The number of rotatable bonds is 4. The Morgan fingerprint density at radius 3 is 2.89 bits per heavy atom. The van der Waals surface area contributed by atoms with Crippen LogP contribution in [0.25, 0.3) is 0 Å². The highest BCUT2D eigenvalue weighted by Gasteiger charge is 2.09. The highest BCUT2D eigenvalue weighted by Crippen LogP contribution is 2.15. The van der Waals surface area contributed by atoms with Crippen LogP contribution in [0.3, 0.4) is 0 Å². The predicted octanol–water partition coefficient (Wildman–Crippen LogP) is 1.63. The van der Waals surface area contributed by atoms with Gasteiger partial charge in [0.25, 0.3) is 5.91 Å². The molecule has 0 aliphatic heterocycles. The second kappa shape index (κ2) is 5.43. The quantitative estimate of drug-likeness (QED) is 0.728. The van der Waals surface area contributed by atoms with Crippen molar-refractivity contribution in [2.45, 2.75) is 13.8 Å². The first-order chi connectivity index (χ1) is 9.06. The van der Waals surface area contributed by atoms with E-state index in [1.54, 1.807) is 24.3 Å². The molecule has 4 N–H and O–H groups in total. The van der Waals surface area contributed by atoms with E-state index in [2.05, 4.69) is 15.5 Å². The second-order valence-corrected chi connectivity index (χ2v) is 4.23. The first-order valence-corrected chi connectivity index (χ1v) is 5.86. The third-order valence-corrected chi connectivity index (χ3v) is 2.74. The van der Waals surface area contributed by atoms with E-state index < -0.39 is 0 Å². The van der Waals surface area contributed by atoms with Gasteiger partial charge >= 0.3 is 0 Å². The molecule has 19 heavy (non-hydrogen) atoms. The summed E-state index contributed by atoms with van der Waals surface area (Å²) in [6.45, 7) is 3.68. The summed E-state index contributed by atoms with van der Waals surface area (Å²) in [5, 5.41) is 9.47. The molecule has 2 aromatic rings. The summed E-state index contributed by atoms with van der Waals surface area (Å²) >= 11 is 0. The Morgan fingerprint density at radius 1 is 1.47 bits per heavy atom. The van der Waals surface area contributed by atoms with E-state index in [1.807, 2.05) is 13.8 Å². The summed E-state index contributed by atoms with van der Waals surface area (Å²) in [5.74, 6) is 0.820. The van der Waals surface area contributed by atoms with E-state index in [1.165, 1.54) is 0 Å². The van der Waals surface area contributed by atoms with Crippen LogP contribution in [-0.4, -0.2) is 22.7 Å². The Morgan fingerprint density at radius 2 is 2.26 bits per heavy atom. The third-order valence-electron chi connectivity index (χ3n) is 2.74. The van der Waals surface area contributed by atoms with E-state index in [0.29, 0.717) is 17.3 Å². The van der Waals surface area contributed by atoms with Crippen molar-refractivity contribution in [1.82, 2.24) is 10.2 Å². The summed E-state index contributed by atoms with van der Waals surface area (Å²) in [4.78, 5) is 11.7. The van der Waals surface area contributed by atoms with E-state index in [4.69, 9.17) is 10.5 Å². The third kappa shape index (κ3) is 3.25. The van der Waals surface area contributed by atoms with Crippen LogP contribution in [0.5, 0.6) is 5.75 Å². The smallest absolute Gasteiger partial charge is 0.263 e. The van der Waals surface area contributed by atoms with Crippen LogP contribution in [0.1, 0.15) is 11.3 Å². The van der Waals surface area contributed by atoms with Crippen LogP contribution in [0.2, 0.25) is 0 Å². The summed E-state index contributed by atoms with van der Waals surface area (Å²) in [6, 6.07) is 6.93. The zero-order valence-corrected chi connectivity index (χ0v) is 10.9. The monoisotopic (exact) mass is 260 g/mol. The summed E-state index contributed by atoms with van der Waals surface area (Å²) in [7, 11) is 0. The minimum atomic E-state index is -0.267.